The number of anilines is 1. The van der Waals surface area contributed by atoms with Gasteiger partial charge < -0.3 is 11.5 Å². The lowest BCUT2D eigenvalue weighted by Gasteiger charge is -2.04. The van der Waals surface area contributed by atoms with Gasteiger partial charge in [-0.05, 0) is 31.2 Å². The summed E-state index contributed by atoms with van der Waals surface area (Å²) in [5, 5.41) is 4.28. The molecule has 2 aromatic heterocycles. The summed E-state index contributed by atoms with van der Waals surface area (Å²) in [5.74, 6) is 0.0795. The van der Waals surface area contributed by atoms with Gasteiger partial charge in [-0.1, -0.05) is 17.8 Å². The van der Waals surface area contributed by atoms with Gasteiger partial charge in [-0.3, -0.25) is 0 Å². The molecule has 0 saturated carbocycles. The SMILES string of the molecule is Cc1cc(CN)nc2c(Sc3cccc(F)c3)c(N)nn12. The molecule has 5 nitrogen and oxygen atoms in total. The molecule has 0 spiro atoms. The maximum Gasteiger partial charge on any atom is 0.171 e. The second-order valence-corrected chi connectivity index (χ2v) is 5.69. The highest BCUT2D eigenvalue weighted by Crippen LogP contribution is 2.35. The minimum Gasteiger partial charge on any atom is -0.381 e. The van der Waals surface area contributed by atoms with Crippen LogP contribution in [0.4, 0.5) is 10.2 Å². The van der Waals surface area contributed by atoms with Crippen LogP contribution in [-0.4, -0.2) is 14.6 Å². The molecule has 2 heterocycles. The lowest BCUT2D eigenvalue weighted by atomic mass is 10.3. The Morgan fingerprint density at radius 3 is 2.86 bits per heavy atom. The lowest BCUT2D eigenvalue weighted by Crippen LogP contribution is -2.04. The molecule has 0 unspecified atom stereocenters. The Hall–Kier alpha value is -2.12. The van der Waals surface area contributed by atoms with Gasteiger partial charge in [0.15, 0.2) is 11.5 Å². The Bertz CT molecular complexity index is 814. The number of aromatic nitrogens is 3. The average Bonchev–Trinajstić information content (AvgIpc) is 2.76. The molecule has 108 valence electrons. The van der Waals surface area contributed by atoms with Gasteiger partial charge in [0, 0.05) is 17.1 Å². The summed E-state index contributed by atoms with van der Waals surface area (Å²) >= 11 is 1.34. The quantitative estimate of drug-likeness (QED) is 0.776. The van der Waals surface area contributed by atoms with Crippen LogP contribution in [0.15, 0.2) is 40.1 Å². The number of nitrogen functional groups attached to an aromatic ring is 1. The summed E-state index contributed by atoms with van der Waals surface area (Å²) in [4.78, 5) is 5.93. The molecule has 3 rings (SSSR count). The van der Waals surface area contributed by atoms with E-state index in [0.29, 0.717) is 22.9 Å². The molecule has 7 heteroatoms. The Kier molecular flexibility index (Phi) is 3.52. The van der Waals surface area contributed by atoms with E-state index < -0.39 is 0 Å². The van der Waals surface area contributed by atoms with Gasteiger partial charge in [0.2, 0.25) is 0 Å². The molecule has 0 atom stereocenters. The lowest BCUT2D eigenvalue weighted by molar-refractivity contribution is 0.624. The van der Waals surface area contributed by atoms with Crippen LogP contribution in [0.5, 0.6) is 0 Å². The largest absolute Gasteiger partial charge is 0.381 e. The summed E-state index contributed by atoms with van der Waals surface area (Å²) in [6.07, 6.45) is 0. The second-order valence-electron chi connectivity index (χ2n) is 4.60. The highest BCUT2D eigenvalue weighted by molar-refractivity contribution is 7.99. The van der Waals surface area contributed by atoms with Crippen LogP contribution in [0.25, 0.3) is 5.65 Å². The van der Waals surface area contributed by atoms with Gasteiger partial charge in [-0.25, -0.2) is 13.9 Å². The Balaban J connectivity index is 2.13. The van der Waals surface area contributed by atoms with Crippen molar-refractivity contribution in [1.29, 1.82) is 0 Å². The highest BCUT2D eigenvalue weighted by atomic mass is 32.2. The van der Waals surface area contributed by atoms with Gasteiger partial charge in [0.25, 0.3) is 0 Å². The average molecular weight is 303 g/mol. The number of nitrogens with zero attached hydrogens (tertiary/aromatic N) is 3. The number of halogens is 1. The van der Waals surface area contributed by atoms with Crippen LogP contribution in [0.2, 0.25) is 0 Å². The van der Waals surface area contributed by atoms with E-state index in [1.54, 1.807) is 10.6 Å². The molecule has 0 bridgehead atoms. The fourth-order valence-electron chi connectivity index (χ4n) is 2.08. The molecule has 0 amide bonds. The van der Waals surface area contributed by atoms with Crippen molar-refractivity contribution < 1.29 is 4.39 Å². The van der Waals surface area contributed by atoms with Crippen molar-refractivity contribution in [1.82, 2.24) is 14.6 Å². The van der Waals surface area contributed by atoms with Crippen molar-refractivity contribution in [2.45, 2.75) is 23.3 Å². The van der Waals surface area contributed by atoms with Crippen molar-refractivity contribution in [3.05, 3.63) is 47.5 Å². The predicted molar refractivity (Wildman–Crippen MR) is 80.6 cm³/mol. The number of fused-ring (bicyclic) bond motifs is 1. The van der Waals surface area contributed by atoms with Crippen molar-refractivity contribution in [2.24, 2.45) is 5.73 Å². The smallest absolute Gasteiger partial charge is 0.171 e. The molecule has 0 saturated heterocycles. The zero-order valence-corrected chi connectivity index (χ0v) is 12.2. The first-order valence-corrected chi connectivity index (χ1v) is 7.18. The van der Waals surface area contributed by atoms with E-state index in [2.05, 4.69) is 10.1 Å². The van der Waals surface area contributed by atoms with Gasteiger partial charge in [0.1, 0.15) is 10.7 Å². The minimum atomic E-state index is -0.290. The topological polar surface area (TPSA) is 82.2 Å². The van der Waals surface area contributed by atoms with Crippen LogP contribution in [-0.2, 0) is 6.54 Å². The van der Waals surface area contributed by atoms with Gasteiger partial charge in [-0.2, -0.15) is 0 Å². The summed E-state index contributed by atoms with van der Waals surface area (Å²) in [6, 6.07) is 8.20. The van der Waals surface area contributed by atoms with Gasteiger partial charge in [-0.15, -0.1) is 5.10 Å². The third kappa shape index (κ3) is 2.57. The van der Waals surface area contributed by atoms with Crippen LogP contribution in [0, 0.1) is 12.7 Å². The molecular formula is C14H14FN5S. The number of nitrogens with two attached hydrogens (primary N) is 2. The van der Waals surface area contributed by atoms with Crippen molar-refractivity contribution >= 4 is 23.2 Å². The molecule has 0 radical (unpaired) electrons. The standard InChI is InChI=1S/C14H14FN5S/c1-8-5-10(7-16)18-14-12(13(17)19-20(8)14)21-11-4-2-3-9(15)6-11/h2-6H,7,16H2,1H3,(H2,17,19). The molecule has 3 aromatic rings. The van der Waals surface area contributed by atoms with Gasteiger partial charge in [0.05, 0.1) is 5.69 Å². The molecule has 0 fully saturated rings. The van der Waals surface area contributed by atoms with E-state index in [1.165, 1.54) is 23.9 Å². The third-order valence-electron chi connectivity index (χ3n) is 3.03. The molecular weight excluding hydrogens is 289 g/mol. The molecule has 1 aromatic carbocycles. The minimum absolute atomic E-state index is 0.290. The van der Waals surface area contributed by atoms with Crippen LogP contribution < -0.4 is 11.5 Å². The summed E-state index contributed by atoms with van der Waals surface area (Å²) in [5.41, 5.74) is 13.9. The molecule has 0 aliphatic heterocycles. The van der Waals surface area contributed by atoms with Crippen molar-refractivity contribution in [3.63, 3.8) is 0 Å². The second kappa shape index (κ2) is 5.34. The highest BCUT2D eigenvalue weighted by Gasteiger charge is 2.15. The van der Waals surface area contributed by atoms with E-state index in [1.807, 2.05) is 19.1 Å². The van der Waals surface area contributed by atoms with E-state index in [-0.39, 0.29) is 5.82 Å². The number of hydrogen-bond donors (Lipinski definition) is 2. The number of aryl methyl sites for hydroxylation is 1. The van der Waals surface area contributed by atoms with Crippen molar-refractivity contribution in [3.8, 4) is 0 Å². The summed E-state index contributed by atoms with van der Waals surface area (Å²) in [7, 11) is 0. The first-order valence-electron chi connectivity index (χ1n) is 6.36. The first kappa shape index (κ1) is 13.8. The monoisotopic (exact) mass is 303 g/mol. The fourth-order valence-corrected chi connectivity index (χ4v) is 3.00. The first-order chi connectivity index (χ1) is 10.1. The zero-order valence-electron chi connectivity index (χ0n) is 11.4. The summed E-state index contributed by atoms with van der Waals surface area (Å²) in [6.45, 7) is 2.25. The molecule has 21 heavy (non-hydrogen) atoms. The van der Waals surface area contributed by atoms with Crippen LogP contribution >= 0.6 is 11.8 Å². The van der Waals surface area contributed by atoms with E-state index in [0.717, 1.165) is 16.3 Å². The zero-order chi connectivity index (χ0) is 15.0. The van der Waals surface area contributed by atoms with E-state index >= 15 is 0 Å². The van der Waals surface area contributed by atoms with Crippen LogP contribution in [0.3, 0.4) is 0 Å². The normalized spacial score (nSPS) is 11.2. The molecule has 0 aliphatic rings. The third-order valence-corrected chi connectivity index (χ3v) is 4.11. The molecule has 4 N–H and O–H groups in total. The molecule has 0 aliphatic carbocycles. The Morgan fingerprint density at radius 1 is 1.33 bits per heavy atom. The van der Waals surface area contributed by atoms with Gasteiger partial charge >= 0.3 is 0 Å². The number of benzene rings is 1. The number of hydrogen-bond acceptors (Lipinski definition) is 5. The fraction of sp³-hybridized carbons (Fsp3) is 0.143. The Morgan fingerprint density at radius 2 is 2.14 bits per heavy atom. The predicted octanol–water partition coefficient (Wildman–Crippen LogP) is 2.37. The maximum atomic E-state index is 13.3. The van der Waals surface area contributed by atoms with Crippen LogP contribution in [0.1, 0.15) is 11.4 Å². The van der Waals surface area contributed by atoms with Crippen molar-refractivity contribution in [2.75, 3.05) is 5.73 Å². The van der Waals surface area contributed by atoms with E-state index in [9.17, 15) is 4.39 Å². The van der Waals surface area contributed by atoms with E-state index in [4.69, 9.17) is 11.5 Å². The maximum absolute atomic E-state index is 13.3. The number of rotatable bonds is 3. The summed E-state index contributed by atoms with van der Waals surface area (Å²) < 4.78 is 15.0. The Labute approximate surface area is 125 Å².